The van der Waals surface area contributed by atoms with Crippen LogP contribution in [0.3, 0.4) is 0 Å². The summed E-state index contributed by atoms with van der Waals surface area (Å²) in [5, 5.41) is 16.8. The molecule has 2 aromatic heterocycles. The van der Waals surface area contributed by atoms with Gasteiger partial charge in [0.25, 0.3) is 11.5 Å². The Hall–Kier alpha value is -3.73. The molecule has 4 N–H and O–H groups in total. The van der Waals surface area contributed by atoms with Gasteiger partial charge in [-0.15, -0.1) is 5.10 Å². The summed E-state index contributed by atoms with van der Waals surface area (Å²) in [6.45, 7) is 3.27. The molecule has 29 heavy (non-hydrogen) atoms. The van der Waals surface area contributed by atoms with Gasteiger partial charge in [-0.3, -0.25) is 14.6 Å². The summed E-state index contributed by atoms with van der Waals surface area (Å²) in [4.78, 5) is 36.7. The maximum atomic E-state index is 12.2. The van der Waals surface area contributed by atoms with E-state index < -0.39 is 23.2 Å². The Morgan fingerprint density at radius 2 is 2.03 bits per heavy atom. The third-order valence-electron chi connectivity index (χ3n) is 3.88. The van der Waals surface area contributed by atoms with Crippen LogP contribution in [0.15, 0.2) is 45.0 Å². The van der Waals surface area contributed by atoms with E-state index in [-0.39, 0.29) is 5.82 Å². The van der Waals surface area contributed by atoms with Gasteiger partial charge in [-0.1, -0.05) is 29.8 Å². The third kappa shape index (κ3) is 4.58. The van der Waals surface area contributed by atoms with Crippen molar-refractivity contribution in [3.63, 3.8) is 0 Å². The number of carbonyl (C=O) groups is 1. The Bertz CT molecular complexity index is 1170. The largest absolute Gasteiger partial charge is 0.353 e. The number of hydrogen-bond donors (Lipinski definition) is 4. The molecule has 1 amide bonds. The molecule has 0 aliphatic heterocycles. The van der Waals surface area contributed by atoms with E-state index in [1.165, 1.54) is 13.1 Å². The summed E-state index contributed by atoms with van der Waals surface area (Å²) in [5.74, 6) is -0.725. The van der Waals surface area contributed by atoms with Crippen molar-refractivity contribution >= 4 is 29.5 Å². The SMILES string of the molecule is Cc1nn(-c2ccccc2)c(Cl)c1/C=N/NC(=O)[C@H](C)Nc1n[nH]c(=O)[nH]c1=O. The number of aryl methyl sites for hydroxylation is 1. The summed E-state index contributed by atoms with van der Waals surface area (Å²) < 4.78 is 1.57. The fourth-order valence-corrected chi connectivity index (χ4v) is 2.69. The van der Waals surface area contributed by atoms with E-state index in [9.17, 15) is 14.4 Å². The lowest BCUT2D eigenvalue weighted by Crippen LogP contribution is -2.38. The number of hydrogen-bond acceptors (Lipinski definition) is 7. The lowest BCUT2D eigenvalue weighted by atomic mass is 10.3. The number of hydrazone groups is 1. The molecule has 0 bridgehead atoms. The van der Waals surface area contributed by atoms with Crippen molar-refractivity contribution in [2.75, 3.05) is 5.32 Å². The first-order valence-corrected chi connectivity index (χ1v) is 8.83. The molecule has 12 heteroatoms. The zero-order valence-corrected chi connectivity index (χ0v) is 16.2. The van der Waals surface area contributed by atoms with Gasteiger partial charge in [0, 0.05) is 0 Å². The van der Waals surface area contributed by atoms with E-state index in [1.807, 2.05) is 35.3 Å². The molecule has 0 aliphatic carbocycles. The van der Waals surface area contributed by atoms with E-state index in [1.54, 1.807) is 11.6 Å². The van der Waals surface area contributed by atoms with Gasteiger partial charge < -0.3 is 5.32 Å². The smallest absolute Gasteiger partial charge is 0.342 e. The van der Waals surface area contributed by atoms with Gasteiger partial charge in [0.15, 0.2) is 0 Å². The Kier molecular flexibility index (Phi) is 5.88. The van der Waals surface area contributed by atoms with Crippen LogP contribution in [0.5, 0.6) is 0 Å². The minimum Gasteiger partial charge on any atom is -0.353 e. The molecule has 0 aliphatic rings. The highest BCUT2D eigenvalue weighted by atomic mass is 35.5. The van der Waals surface area contributed by atoms with E-state index in [4.69, 9.17) is 11.6 Å². The number of rotatable bonds is 6. The maximum absolute atomic E-state index is 12.2. The van der Waals surface area contributed by atoms with Crippen molar-refractivity contribution in [1.82, 2.24) is 30.4 Å². The maximum Gasteiger partial charge on any atom is 0.342 e. The predicted octanol–water partition coefficient (Wildman–Crippen LogP) is 0.556. The highest BCUT2D eigenvalue weighted by Gasteiger charge is 2.16. The van der Waals surface area contributed by atoms with Crippen LogP contribution in [0, 0.1) is 6.92 Å². The number of para-hydroxylation sites is 1. The standard InChI is InChI=1S/C17H17ClN8O3/c1-9-12(13(18)26(25-9)11-6-4-3-5-7-11)8-19-23-15(27)10(2)20-14-16(28)21-17(29)24-22-14/h3-8,10H,1-2H3,(H,20,22)(H,23,27)(H2,21,24,28,29)/b19-8+/t10-/m0/s1. The molecular formula is C17H17ClN8O3. The van der Waals surface area contributed by atoms with Crippen molar-refractivity contribution in [3.05, 3.63) is 67.6 Å². The number of aromatic nitrogens is 5. The zero-order chi connectivity index (χ0) is 21.0. The van der Waals surface area contributed by atoms with Crippen LogP contribution in [-0.2, 0) is 4.79 Å². The summed E-state index contributed by atoms with van der Waals surface area (Å²) in [7, 11) is 0. The first-order chi connectivity index (χ1) is 13.9. The number of benzene rings is 1. The summed E-state index contributed by atoms with van der Waals surface area (Å²) in [5.41, 5.74) is 2.83. The molecule has 0 spiro atoms. The third-order valence-corrected chi connectivity index (χ3v) is 4.24. The van der Waals surface area contributed by atoms with E-state index in [2.05, 4.69) is 31.1 Å². The molecule has 3 aromatic rings. The second-order valence-electron chi connectivity index (χ2n) is 5.99. The molecule has 0 radical (unpaired) electrons. The minimum atomic E-state index is -0.852. The van der Waals surface area contributed by atoms with Gasteiger partial charge in [0.05, 0.1) is 23.2 Å². The van der Waals surface area contributed by atoms with Crippen LogP contribution in [0.2, 0.25) is 5.15 Å². The molecular weight excluding hydrogens is 400 g/mol. The topological polar surface area (TPSA) is 150 Å². The molecule has 0 fully saturated rings. The van der Waals surface area contributed by atoms with E-state index in [0.717, 1.165) is 5.69 Å². The normalized spacial score (nSPS) is 12.1. The number of aromatic amines is 2. The molecule has 2 heterocycles. The Labute approximate surface area is 168 Å². The molecule has 0 unspecified atom stereocenters. The molecule has 3 rings (SSSR count). The second-order valence-corrected chi connectivity index (χ2v) is 6.35. The van der Waals surface area contributed by atoms with E-state index in [0.29, 0.717) is 16.4 Å². The lowest BCUT2D eigenvalue weighted by Gasteiger charge is -2.11. The van der Waals surface area contributed by atoms with Gasteiger partial charge in [-0.05, 0) is 26.0 Å². The Balaban J connectivity index is 1.68. The predicted molar refractivity (Wildman–Crippen MR) is 108 cm³/mol. The lowest BCUT2D eigenvalue weighted by molar-refractivity contribution is -0.121. The molecule has 150 valence electrons. The Morgan fingerprint density at radius 1 is 1.31 bits per heavy atom. The van der Waals surface area contributed by atoms with Crippen LogP contribution < -0.4 is 22.0 Å². The average molecular weight is 417 g/mol. The van der Waals surface area contributed by atoms with Crippen LogP contribution in [-0.4, -0.2) is 43.1 Å². The van der Waals surface area contributed by atoms with Crippen LogP contribution in [0.1, 0.15) is 18.2 Å². The number of amides is 1. The summed E-state index contributed by atoms with van der Waals surface area (Å²) >= 11 is 6.39. The van der Waals surface area contributed by atoms with Crippen LogP contribution in [0.4, 0.5) is 5.82 Å². The van der Waals surface area contributed by atoms with Crippen LogP contribution >= 0.6 is 11.6 Å². The van der Waals surface area contributed by atoms with Gasteiger partial charge in [-0.25, -0.2) is 20.0 Å². The number of anilines is 1. The molecule has 1 atom stereocenters. The summed E-state index contributed by atoms with van der Waals surface area (Å²) in [6.07, 6.45) is 1.39. The monoisotopic (exact) mass is 416 g/mol. The van der Waals surface area contributed by atoms with Crippen molar-refractivity contribution in [2.24, 2.45) is 5.10 Å². The van der Waals surface area contributed by atoms with E-state index >= 15 is 0 Å². The molecule has 0 saturated carbocycles. The summed E-state index contributed by atoms with van der Waals surface area (Å²) in [6, 6.07) is 8.50. The first-order valence-electron chi connectivity index (χ1n) is 8.46. The molecule has 1 aromatic carbocycles. The quantitative estimate of drug-likeness (QED) is 0.340. The van der Waals surface area contributed by atoms with Gasteiger partial charge in [0.1, 0.15) is 11.2 Å². The van der Waals surface area contributed by atoms with Crippen molar-refractivity contribution in [1.29, 1.82) is 0 Å². The number of nitrogens with zero attached hydrogens (tertiary/aromatic N) is 4. The van der Waals surface area contributed by atoms with Crippen molar-refractivity contribution in [2.45, 2.75) is 19.9 Å². The fourth-order valence-electron chi connectivity index (χ4n) is 2.37. The highest BCUT2D eigenvalue weighted by molar-refractivity contribution is 6.32. The Morgan fingerprint density at radius 3 is 2.72 bits per heavy atom. The average Bonchev–Trinajstić information content (AvgIpc) is 2.98. The number of H-pyrrole nitrogens is 2. The van der Waals surface area contributed by atoms with Gasteiger partial charge in [0.2, 0.25) is 5.82 Å². The second kappa shape index (κ2) is 8.52. The molecule has 11 nitrogen and oxygen atoms in total. The molecule has 0 saturated heterocycles. The van der Waals surface area contributed by atoms with Crippen molar-refractivity contribution in [3.8, 4) is 5.69 Å². The highest BCUT2D eigenvalue weighted by Crippen LogP contribution is 2.21. The van der Waals surface area contributed by atoms with Gasteiger partial charge >= 0.3 is 5.69 Å². The van der Waals surface area contributed by atoms with Gasteiger partial charge in [-0.2, -0.15) is 10.2 Å². The number of carbonyl (C=O) groups excluding carboxylic acids is 1. The van der Waals surface area contributed by atoms with Crippen LogP contribution in [0.25, 0.3) is 5.69 Å². The number of nitrogens with one attached hydrogen (secondary N) is 4. The number of halogens is 1. The minimum absolute atomic E-state index is 0.195. The van der Waals surface area contributed by atoms with Crippen molar-refractivity contribution < 1.29 is 4.79 Å². The fraction of sp³-hybridized carbons (Fsp3) is 0.176. The first kappa shape index (κ1) is 20.0. The zero-order valence-electron chi connectivity index (χ0n) is 15.4.